The first-order valence-electron chi connectivity index (χ1n) is 10.2. The average Bonchev–Trinajstić information content (AvgIpc) is 3.18. The zero-order valence-electron chi connectivity index (χ0n) is 17.8. The normalized spacial score (nSPS) is 30.1. The predicted molar refractivity (Wildman–Crippen MR) is 109 cm³/mol. The number of rotatable bonds is 3. The van der Waals surface area contributed by atoms with Crippen molar-refractivity contribution in [2.24, 2.45) is 11.8 Å². The van der Waals surface area contributed by atoms with Crippen LogP contribution in [0.3, 0.4) is 0 Å². The fourth-order valence-corrected chi connectivity index (χ4v) is 5.45. The van der Waals surface area contributed by atoms with E-state index >= 15 is 0 Å². The molecule has 3 aliphatic heterocycles. The van der Waals surface area contributed by atoms with E-state index in [1.807, 2.05) is 26.0 Å². The van der Waals surface area contributed by atoms with Crippen LogP contribution in [0.5, 0.6) is 0 Å². The van der Waals surface area contributed by atoms with E-state index in [2.05, 4.69) is 10.6 Å². The van der Waals surface area contributed by atoms with Gasteiger partial charge in [-0.15, -0.1) is 0 Å². The van der Waals surface area contributed by atoms with Crippen molar-refractivity contribution in [2.75, 3.05) is 5.32 Å². The largest absolute Gasteiger partial charge is 0.481 e. The second-order valence-corrected chi connectivity index (χ2v) is 9.64. The summed E-state index contributed by atoms with van der Waals surface area (Å²) in [5, 5.41) is 15.4. The molecule has 0 radical (unpaired) electrons. The summed E-state index contributed by atoms with van der Waals surface area (Å²) in [5.74, 6) is -3.77. The van der Waals surface area contributed by atoms with Gasteiger partial charge in [0.15, 0.2) is 0 Å². The van der Waals surface area contributed by atoms with Crippen LogP contribution in [0.15, 0.2) is 12.1 Å². The summed E-state index contributed by atoms with van der Waals surface area (Å²) in [7, 11) is 0. The van der Waals surface area contributed by atoms with Gasteiger partial charge in [0.25, 0.3) is 0 Å². The molecule has 1 aromatic rings. The van der Waals surface area contributed by atoms with Gasteiger partial charge in [-0.05, 0) is 46.6 Å². The number of fused-ring (bicyclic) bond motifs is 4. The van der Waals surface area contributed by atoms with E-state index in [1.54, 1.807) is 20.8 Å². The van der Waals surface area contributed by atoms with Crippen LogP contribution in [0.4, 0.5) is 5.69 Å². The van der Waals surface area contributed by atoms with E-state index in [4.69, 9.17) is 0 Å². The summed E-state index contributed by atoms with van der Waals surface area (Å²) < 4.78 is 0. The molecule has 1 spiro atoms. The molecule has 3 aliphatic rings. The molecule has 0 saturated carbocycles. The predicted octanol–water partition coefficient (Wildman–Crippen LogP) is 1.69. The number of aryl methyl sites for hydroxylation is 2. The summed E-state index contributed by atoms with van der Waals surface area (Å²) in [4.78, 5) is 52.8. The fourth-order valence-electron chi connectivity index (χ4n) is 5.45. The molecule has 0 aliphatic carbocycles. The van der Waals surface area contributed by atoms with Gasteiger partial charge in [-0.1, -0.05) is 17.7 Å². The topological polar surface area (TPSA) is 116 Å². The molecule has 160 valence electrons. The minimum Gasteiger partial charge on any atom is -0.481 e. The first kappa shape index (κ1) is 20.5. The van der Waals surface area contributed by atoms with Crippen LogP contribution in [0.2, 0.25) is 0 Å². The monoisotopic (exact) mass is 413 g/mol. The van der Waals surface area contributed by atoms with E-state index in [-0.39, 0.29) is 30.6 Å². The molecule has 0 aromatic heterocycles. The molecule has 3 amide bonds. The SMILES string of the molecule is Cc1cc(C)c2c(c1)C1(NC(CCC(=O)O)C3C(=O)N(C(C)(C)C)C(=O)C31)C(=O)N2. The lowest BCUT2D eigenvalue weighted by Crippen LogP contribution is -2.55. The summed E-state index contributed by atoms with van der Waals surface area (Å²) in [6, 6.07) is 3.24. The van der Waals surface area contributed by atoms with Crippen LogP contribution in [0.25, 0.3) is 0 Å². The minimum atomic E-state index is -1.38. The molecule has 30 heavy (non-hydrogen) atoms. The zero-order chi connectivity index (χ0) is 22.2. The molecule has 3 heterocycles. The summed E-state index contributed by atoms with van der Waals surface area (Å²) in [6.07, 6.45) is -0.00204. The molecule has 2 fully saturated rings. The highest BCUT2D eigenvalue weighted by molar-refractivity contribution is 6.15. The number of amides is 3. The fraction of sp³-hybridized carbons (Fsp3) is 0.545. The number of nitrogens with one attached hydrogen (secondary N) is 2. The van der Waals surface area contributed by atoms with Gasteiger partial charge < -0.3 is 10.4 Å². The van der Waals surface area contributed by atoms with Crippen LogP contribution >= 0.6 is 0 Å². The van der Waals surface area contributed by atoms with E-state index in [9.17, 15) is 24.3 Å². The Morgan fingerprint density at radius 3 is 2.43 bits per heavy atom. The lowest BCUT2D eigenvalue weighted by atomic mass is 9.75. The second-order valence-electron chi connectivity index (χ2n) is 9.64. The molecule has 0 bridgehead atoms. The van der Waals surface area contributed by atoms with Crippen molar-refractivity contribution in [3.8, 4) is 0 Å². The van der Waals surface area contributed by atoms with Gasteiger partial charge >= 0.3 is 5.97 Å². The number of benzene rings is 1. The third-order valence-electron chi connectivity index (χ3n) is 6.51. The van der Waals surface area contributed by atoms with Crippen molar-refractivity contribution >= 4 is 29.4 Å². The molecular weight excluding hydrogens is 386 g/mol. The molecule has 4 atom stereocenters. The van der Waals surface area contributed by atoms with Gasteiger partial charge in [0.1, 0.15) is 5.54 Å². The number of carboxylic acid groups (broad SMARTS) is 1. The Hall–Kier alpha value is -2.74. The Balaban J connectivity index is 1.90. The van der Waals surface area contributed by atoms with Crippen molar-refractivity contribution in [3.05, 3.63) is 28.8 Å². The lowest BCUT2D eigenvalue weighted by molar-refractivity contribution is -0.148. The summed E-state index contributed by atoms with van der Waals surface area (Å²) in [5.41, 5.74) is 1.02. The number of hydrogen-bond donors (Lipinski definition) is 3. The molecule has 1 aromatic carbocycles. The van der Waals surface area contributed by atoms with Gasteiger partial charge in [-0.2, -0.15) is 0 Å². The number of nitrogens with zero attached hydrogens (tertiary/aromatic N) is 1. The van der Waals surface area contributed by atoms with Crippen LogP contribution < -0.4 is 10.6 Å². The Morgan fingerprint density at radius 1 is 1.17 bits per heavy atom. The number of carboxylic acids is 1. The number of imide groups is 1. The Labute approximate surface area is 175 Å². The van der Waals surface area contributed by atoms with Crippen LogP contribution in [-0.4, -0.2) is 45.3 Å². The van der Waals surface area contributed by atoms with E-state index < -0.39 is 34.9 Å². The minimum absolute atomic E-state index is 0.155. The Kier molecular flexibility index (Phi) is 4.36. The Morgan fingerprint density at radius 2 is 1.83 bits per heavy atom. The molecule has 4 unspecified atom stereocenters. The first-order chi connectivity index (χ1) is 13.9. The van der Waals surface area contributed by atoms with Gasteiger partial charge in [-0.25, -0.2) is 0 Å². The number of carbonyl (C=O) groups is 4. The molecule has 8 heteroatoms. The highest BCUT2D eigenvalue weighted by atomic mass is 16.4. The standard InChI is InChI=1S/C22H27N3O5/c1-10-8-11(2)17-12(9-10)22(20(30)23-17)16-15(13(24-22)6-7-14(26)27)18(28)25(19(16)29)21(3,4)5/h8-9,13,15-16,24H,6-7H2,1-5H3,(H,23,30)(H,26,27). The molecular formula is C22H27N3O5. The number of anilines is 1. The van der Waals surface area contributed by atoms with Crippen LogP contribution in [0.1, 0.15) is 50.3 Å². The van der Waals surface area contributed by atoms with Crippen molar-refractivity contribution in [3.63, 3.8) is 0 Å². The maximum Gasteiger partial charge on any atom is 0.303 e. The van der Waals surface area contributed by atoms with Crippen molar-refractivity contribution in [1.82, 2.24) is 10.2 Å². The summed E-state index contributed by atoms with van der Waals surface area (Å²) >= 11 is 0. The summed E-state index contributed by atoms with van der Waals surface area (Å²) in [6.45, 7) is 9.16. The maximum absolute atomic E-state index is 13.6. The van der Waals surface area contributed by atoms with E-state index in [0.29, 0.717) is 11.3 Å². The van der Waals surface area contributed by atoms with E-state index in [1.165, 1.54) is 4.90 Å². The van der Waals surface area contributed by atoms with Crippen molar-refractivity contribution in [2.45, 2.75) is 64.6 Å². The van der Waals surface area contributed by atoms with Crippen molar-refractivity contribution < 1.29 is 24.3 Å². The quantitative estimate of drug-likeness (QED) is 0.650. The number of likely N-dealkylation sites (tertiary alicyclic amines) is 1. The lowest BCUT2D eigenvalue weighted by Gasteiger charge is -2.34. The second kappa shape index (κ2) is 6.38. The van der Waals surface area contributed by atoms with Gasteiger partial charge in [0, 0.05) is 29.3 Å². The van der Waals surface area contributed by atoms with Crippen molar-refractivity contribution in [1.29, 1.82) is 0 Å². The zero-order valence-corrected chi connectivity index (χ0v) is 17.8. The van der Waals surface area contributed by atoms with Crippen LogP contribution in [0, 0.1) is 25.7 Å². The highest BCUT2D eigenvalue weighted by Crippen LogP contribution is 2.55. The molecule has 2 saturated heterocycles. The van der Waals surface area contributed by atoms with Gasteiger partial charge in [0.2, 0.25) is 17.7 Å². The smallest absolute Gasteiger partial charge is 0.303 e. The molecule has 8 nitrogen and oxygen atoms in total. The maximum atomic E-state index is 13.6. The van der Waals surface area contributed by atoms with E-state index in [0.717, 1.165) is 11.1 Å². The molecule has 4 rings (SSSR count). The number of carbonyl (C=O) groups excluding carboxylic acids is 3. The van der Waals surface area contributed by atoms with Crippen LogP contribution in [-0.2, 0) is 24.7 Å². The van der Waals surface area contributed by atoms with Gasteiger partial charge in [0.05, 0.1) is 11.8 Å². The Bertz CT molecular complexity index is 995. The highest BCUT2D eigenvalue weighted by Gasteiger charge is 2.71. The third kappa shape index (κ3) is 2.62. The molecule has 3 N–H and O–H groups in total. The first-order valence-corrected chi connectivity index (χ1v) is 10.2. The third-order valence-corrected chi connectivity index (χ3v) is 6.51. The number of hydrogen-bond acceptors (Lipinski definition) is 5. The average molecular weight is 413 g/mol. The number of aliphatic carboxylic acids is 1. The van der Waals surface area contributed by atoms with Gasteiger partial charge in [-0.3, -0.25) is 29.4 Å².